The average molecular weight is 190 g/mol. The fourth-order valence-electron chi connectivity index (χ4n) is 1.72. The predicted octanol–water partition coefficient (Wildman–Crippen LogP) is 0.201. The molecule has 1 heterocycles. The molecule has 1 amide bonds. The van der Waals surface area contributed by atoms with E-state index in [0.29, 0.717) is 0 Å². The maximum atomic E-state index is 13.2. The normalized spacial score (nSPS) is 32.7. The highest BCUT2D eigenvalue weighted by Gasteiger charge is 2.58. The van der Waals surface area contributed by atoms with Crippen molar-refractivity contribution in [3.05, 3.63) is 0 Å². The zero-order chi connectivity index (χ0) is 9.64. The van der Waals surface area contributed by atoms with Crippen LogP contribution in [0.3, 0.4) is 0 Å². The van der Waals surface area contributed by atoms with Crippen LogP contribution < -0.4 is 5.73 Å². The van der Waals surface area contributed by atoms with E-state index in [1.807, 2.05) is 0 Å². The summed E-state index contributed by atoms with van der Waals surface area (Å²) < 4.78 is 26.3. The van der Waals surface area contributed by atoms with Crippen LogP contribution in [0.1, 0.15) is 12.8 Å². The van der Waals surface area contributed by atoms with Gasteiger partial charge in [0.1, 0.15) is 0 Å². The summed E-state index contributed by atoms with van der Waals surface area (Å²) in [6.07, 6.45) is 1.72. The van der Waals surface area contributed by atoms with Gasteiger partial charge < -0.3 is 10.6 Å². The monoisotopic (exact) mass is 190 g/mol. The molecule has 0 radical (unpaired) electrons. The minimum Gasteiger partial charge on any atom is -0.334 e. The van der Waals surface area contributed by atoms with Crippen molar-refractivity contribution >= 4 is 5.91 Å². The van der Waals surface area contributed by atoms with Gasteiger partial charge in [0.2, 0.25) is 0 Å². The highest BCUT2D eigenvalue weighted by atomic mass is 19.3. The molecule has 0 aromatic rings. The smallest absolute Gasteiger partial charge is 0.330 e. The first-order valence-electron chi connectivity index (χ1n) is 4.46. The molecular weight excluding hydrogens is 178 g/mol. The minimum absolute atomic E-state index is 0.0647. The Hall–Kier alpha value is -0.710. The number of amides is 1. The Morgan fingerprint density at radius 2 is 2.15 bits per heavy atom. The van der Waals surface area contributed by atoms with Crippen molar-refractivity contribution in [3.8, 4) is 0 Å². The molecule has 1 atom stereocenters. The maximum Gasteiger partial charge on any atom is 0.330 e. The molecule has 74 valence electrons. The number of carbonyl (C=O) groups is 1. The predicted molar refractivity (Wildman–Crippen MR) is 42.2 cm³/mol. The Balaban J connectivity index is 2.16. The lowest BCUT2D eigenvalue weighted by Crippen LogP contribution is -2.37. The number of nitrogens with two attached hydrogens (primary N) is 1. The van der Waals surface area contributed by atoms with Gasteiger partial charge in [0.15, 0.2) is 0 Å². The van der Waals surface area contributed by atoms with Crippen molar-refractivity contribution in [2.24, 2.45) is 11.7 Å². The van der Waals surface area contributed by atoms with Gasteiger partial charge in [-0.1, -0.05) is 0 Å². The van der Waals surface area contributed by atoms with Gasteiger partial charge in [-0.25, -0.2) is 0 Å². The molecule has 0 aromatic carbocycles. The molecule has 1 aliphatic heterocycles. The molecular formula is C8H12F2N2O. The van der Waals surface area contributed by atoms with Crippen LogP contribution in [0, 0.1) is 5.92 Å². The Bertz CT molecular complexity index is 240. The molecule has 0 bridgehead atoms. The lowest BCUT2D eigenvalue weighted by molar-refractivity contribution is -0.151. The van der Waals surface area contributed by atoms with Crippen molar-refractivity contribution in [2.75, 3.05) is 13.1 Å². The molecule has 0 aromatic heterocycles. The second-order valence-electron chi connectivity index (χ2n) is 3.74. The summed E-state index contributed by atoms with van der Waals surface area (Å²) in [4.78, 5) is 12.5. The third kappa shape index (κ3) is 1.22. The Kier molecular flexibility index (Phi) is 1.80. The van der Waals surface area contributed by atoms with Gasteiger partial charge in [-0.15, -0.1) is 0 Å². The van der Waals surface area contributed by atoms with E-state index in [0.717, 1.165) is 12.8 Å². The minimum atomic E-state index is -3.22. The average Bonchev–Trinajstić information content (AvgIpc) is 2.85. The van der Waals surface area contributed by atoms with Gasteiger partial charge >= 0.3 is 5.92 Å². The van der Waals surface area contributed by atoms with Crippen LogP contribution in [0.2, 0.25) is 0 Å². The summed E-state index contributed by atoms with van der Waals surface area (Å²) >= 11 is 0. The first-order chi connectivity index (χ1) is 6.07. The summed E-state index contributed by atoms with van der Waals surface area (Å²) in [6, 6.07) is 0.0647. The van der Waals surface area contributed by atoms with E-state index in [4.69, 9.17) is 5.73 Å². The number of carbonyl (C=O) groups excluding carboxylic acids is 1. The van der Waals surface area contributed by atoms with Gasteiger partial charge in [0.25, 0.3) is 5.91 Å². The zero-order valence-corrected chi connectivity index (χ0v) is 7.17. The zero-order valence-electron chi connectivity index (χ0n) is 7.17. The third-order valence-corrected chi connectivity index (χ3v) is 2.75. The lowest BCUT2D eigenvalue weighted by atomic mass is 10.1. The SMILES string of the molecule is NCC1CN(C2CC2)C(=O)C1(F)F. The number of hydrogen-bond acceptors (Lipinski definition) is 2. The second-order valence-corrected chi connectivity index (χ2v) is 3.74. The maximum absolute atomic E-state index is 13.2. The molecule has 13 heavy (non-hydrogen) atoms. The summed E-state index contributed by atoms with van der Waals surface area (Å²) in [5.74, 6) is -5.23. The number of rotatable bonds is 2. The van der Waals surface area contributed by atoms with Crippen LogP contribution in [0.25, 0.3) is 0 Å². The van der Waals surface area contributed by atoms with Gasteiger partial charge in [-0.05, 0) is 12.8 Å². The summed E-state index contributed by atoms with van der Waals surface area (Å²) in [6.45, 7) is 0.00889. The fraction of sp³-hybridized carbons (Fsp3) is 0.875. The van der Waals surface area contributed by atoms with Crippen molar-refractivity contribution in [1.82, 2.24) is 4.90 Å². The summed E-state index contributed by atoms with van der Waals surface area (Å²) in [7, 11) is 0. The first kappa shape index (κ1) is 8.87. The topological polar surface area (TPSA) is 46.3 Å². The molecule has 2 aliphatic rings. The van der Waals surface area contributed by atoms with E-state index >= 15 is 0 Å². The number of halogens is 2. The molecule has 2 rings (SSSR count). The van der Waals surface area contributed by atoms with E-state index in [2.05, 4.69) is 0 Å². The van der Waals surface area contributed by atoms with Crippen LogP contribution in [0.15, 0.2) is 0 Å². The molecule has 1 unspecified atom stereocenters. The molecule has 2 fully saturated rings. The number of alkyl halides is 2. The molecule has 0 spiro atoms. The summed E-state index contributed by atoms with van der Waals surface area (Å²) in [5, 5.41) is 0. The largest absolute Gasteiger partial charge is 0.334 e. The highest BCUT2D eigenvalue weighted by molar-refractivity contribution is 5.86. The number of nitrogens with zero attached hydrogens (tertiary/aromatic N) is 1. The van der Waals surface area contributed by atoms with Crippen molar-refractivity contribution in [1.29, 1.82) is 0 Å². The second kappa shape index (κ2) is 2.64. The van der Waals surface area contributed by atoms with Crippen LogP contribution in [0.5, 0.6) is 0 Å². The first-order valence-corrected chi connectivity index (χ1v) is 4.46. The van der Waals surface area contributed by atoms with Gasteiger partial charge in [-0.2, -0.15) is 8.78 Å². The molecule has 1 saturated carbocycles. The van der Waals surface area contributed by atoms with E-state index in [1.165, 1.54) is 4.90 Å². The van der Waals surface area contributed by atoms with Crippen molar-refractivity contribution in [2.45, 2.75) is 24.8 Å². The Morgan fingerprint density at radius 1 is 1.54 bits per heavy atom. The van der Waals surface area contributed by atoms with Crippen molar-refractivity contribution < 1.29 is 13.6 Å². The lowest BCUT2D eigenvalue weighted by Gasteiger charge is -2.14. The fourth-order valence-corrected chi connectivity index (χ4v) is 1.72. The standard InChI is InChI=1S/C8H12F2N2O/c9-8(10)5(3-11)4-12(7(8)13)6-1-2-6/h5-6H,1-4,11H2. The summed E-state index contributed by atoms with van der Waals surface area (Å²) in [5.41, 5.74) is 5.20. The van der Waals surface area contributed by atoms with E-state index in [-0.39, 0.29) is 19.1 Å². The van der Waals surface area contributed by atoms with Crippen LogP contribution in [-0.2, 0) is 4.79 Å². The van der Waals surface area contributed by atoms with E-state index in [1.54, 1.807) is 0 Å². The van der Waals surface area contributed by atoms with E-state index < -0.39 is 17.7 Å². The van der Waals surface area contributed by atoms with Gasteiger partial charge in [0.05, 0.1) is 5.92 Å². The van der Waals surface area contributed by atoms with Crippen LogP contribution in [-0.4, -0.2) is 35.9 Å². The third-order valence-electron chi connectivity index (χ3n) is 2.75. The molecule has 3 nitrogen and oxygen atoms in total. The Morgan fingerprint density at radius 3 is 2.54 bits per heavy atom. The molecule has 1 saturated heterocycles. The number of likely N-dealkylation sites (tertiary alicyclic amines) is 1. The molecule has 5 heteroatoms. The van der Waals surface area contributed by atoms with Crippen molar-refractivity contribution in [3.63, 3.8) is 0 Å². The van der Waals surface area contributed by atoms with Crippen LogP contribution in [0.4, 0.5) is 8.78 Å². The highest BCUT2D eigenvalue weighted by Crippen LogP contribution is 2.39. The van der Waals surface area contributed by atoms with E-state index in [9.17, 15) is 13.6 Å². The van der Waals surface area contributed by atoms with Gasteiger partial charge in [-0.3, -0.25) is 4.79 Å². The molecule has 1 aliphatic carbocycles. The molecule has 2 N–H and O–H groups in total. The van der Waals surface area contributed by atoms with Gasteiger partial charge in [0, 0.05) is 19.1 Å². The quantitative estimate of drug-likeness (QED) is 0.676. The van der Waals surface area contributed by atoms with Crippen LogP contribution >= 0.6 is 0 Å². The Labute approximate surface area is 74.9 Å². The number of hydrogen-bond donors (Lipinski definition) is 1.